The second-order valence-electron chi connectivity index (χ2n) is 5.50. The molecule has 4 heteroatoms. The maximum atomic E-state index is 12.1. The van der Waals surface area contributed by atoms with Gasteiger partial charge in [-0.15, -0.1) is 0 Å². The molecule has 2 N–H and O–H groups in total. The zero-order valence-electron chi connectivity index (χ0n) is 12.1. The van der Waals surface area contributed by atoms with Crippen LogP contribution in [0, 0.1) is 6.92 Å². The van der Waals surface area contributed by atoms with Crippen LogP contribution in [0.5, 0.6) is 0 Å². The maximum absolute atomic E-state index is 12.1. The molecule has 1 saturated carbocycles. The van der Waals surface area contributed by atoms with Crippen LogP contribution < -0.4 is 10.6 Å². The Balaban J connectivity index is 1.90. The van der Waals surface area contributed by atoms with Gasteiger partial charge in [0.15, 0.2) is 0 Å². The summed E-state index contributed by atoms with van der Waals surface area (Å²) in [6, 6.07) is 7.14. The maximum Gasteiger partial charge on any atom is 0.252 e. The molecule has 0 bridgehead atoms. The highest BCUT2D eigenvalue weighted by molar-refractivity contribution is 5.98. The Morgan fingerprint density at radius 1 is 1.20 bits per heavy atom. The summed E-state index contributed by atoms with van der Waals surface area (Å²) in [5.41, 5.74) is 1.53. The summed E-state index contributed by atoms with van der Waals surface area (Å²) < 4.78 is 0. The van der Waals surface area contributed by atoms with Crippen molar-refractivity contribution in [1.82, 2.24) is 10.6 Å². The lowest BCUT2D eigenvalue weighted by atomic mass is 10.1. The van der Waals surface area contributed by atoms with Gasteiger partial charge in [-0.05, 0) is 38.3 Å². The third kappa shape index (κ3) is 3.59. The van der Waals surface area contributed by atoms with Crippen LogP contribution in [-0.2, 0) is 4.79 Å². The fraction of sp³-hybridized carbons (Fsp3) is 0.500. The van der Waals surface area contributed by atoms with Crippen LogP contribution in [0.3, 0.4) is 0 Å². The van der Waals surface area contributed by atoms with E-state index in [1.165, 1.54) is 12.8 Å². The Bertz CT molecular complexity index is 493. The van der Waals surface area contributed by atoms with Crippen molar-refractivity contribution >= 4 is 11.8 Å². The molecule has 4 nitrogen and oxygen atoms in total. The van der Waals surface area contributed by atoms with Crippen molar-refractivity contribution in [3.63, 3.8) is 0 Å². The second kappa shape index (κ2) is 6.55. The Hall–Kier alpha value is -1.84. The Labute approximate surface area is 119 Å². The fourth-order valence-corrected chi connectivity index (χ4v) is 2.56. The van der Waals surface area contributed by atoms with Gasteiger partial charge < -0.3 is 10.6 Å². The summed E-state index contributed by atoms with van der Waals surface area (Å²) in [6.45, 7) is 3.61. The van der Waals surface area contributed by atoms with E-state index >= 15 is 0 Å². The molecule has 0 aromatic heterocycles. The standard InChI is InChI=1S/C16H22N2O2/c1-11-7-3-6-10-14(11)16(20)17-12(2)15(19)18-13-8-4-5-9-13/h3,6-7,10,12-13H,4-5,8-9H2,1-2H3,(H,17,20)(H,18,19). The molecule has 0 spiro atoms. The van der Waals surface area contributed by atoms with Gasteiger partial charge in [0.05, 0.1) is 0 Å². The molecule has 1 aromatic rings. The van der Waals surface area contributed by atoms with E-state index in [9.17, 15) is 9.59 Å². The van der Waals surface area contributed by atoms with E-state index in [2.05, 4.69) is 10.6 Å². The predicted molar refractivity (Wildman–Crippen MR) is 78.5 cm³/mol. The van der Waals surface area contributed by atoms with E-state index in [4.69, 9.17) is 0 Å². The first-order chi connectivity index (χ1) is 9.58. The number of hydrogen-bond donors (Lipinski definition) is 2. The van der Waals surface area contributed by atoms with Gasteiger partial charge in [-0.1, -0.05) is 31.0 Å². The van der Waals surface area contributed by atoms with E-state index in [1.807, 2.05) is 25.1 Å². The molecule has 2 rings (SSSR count). The van der Waals surface area contributed by atoms with Gasteiger partial charge >= 0.3 is 0 Å². The molecule has 1 unspecified atom stereocenters. The number of carbonyl (C=O) groups excluding carboxylic acids is 2. The third-order valence-corrected chi connectivity index (χ3v) is 3.83. The number of amides is 2. The average Bonchev–Trinajstić information content (AvgIpc) is 2.91. The highest BCUT2D eigenvalue weighted by Crippen LogP contribution is 2.17. The first-order valence-electron chi connectivity index (χ1n) is 7.25. The number of benzene rings is 1. The van der Waals surface area contributed by atoms with Crippen LogP contribution in [0.2, 0.25) is 0 Å². The minimum absolute atomic E-state index is 0.0983. The van der Waals surface area contributed by atoms with E-state index in [0.29, 0.717) is 5.56 Å². The van der Waals surface area contributed by atoms with Crippen molar-refractivity contribution in [2.45, 2.75) is 51.6 Å². The van der Waals surface area contributed by atoms with E-state index in [1.54, 1.807) is 13.0 Å². The van der Waals surface area contributed by atoms with Gasteiger partial charge in [0.2, 0.25) is 5.91 Å². The summed E-state index contributed by atoms with van der Waals surface area (Å²) >= 11 is 0. The Morgan fingerprint density at radius 2 is 1.85 bits per heavy atom. The van der Waals surface area contributed by atoms with Crippen molar-refractivity contribution in [1.29, 1.82) is 0 Å². The van der Waals surface area contributed by atoms with Crippen molar-refractivity contribution in [3.05, 3.63) is 35.4 Å². The first-order valence-corrected chi connectivity index (χ1v) is 7.25. The molecule has 1 aliphatic carbocycles. The highest BCUT2D eigenvalue weighted by atomic mass is 16.2. The SMILES string of the molecule is Cc1ccccc1C(=O)NC(C)C(=O)NC1CCCC1. The van der Waals surface area contributed by atoms with Crippen molar-refractivity contribution < 1.29 is 9.59 Å². The van der Waals surface area contributed by atoms with Crippen LogP contribution in [0.1, 0.15) is 48.5 Å². The van der Waals surface area contributed by atoms with Crippen LogP contribution in [0.15, 0.2) is 24.3 Å². The summed E-state index contributed by atoms with van der Waals surface area (Å²) in [7, 11) is 0. The normalized spacial score (nSPS) is 16.7. The van der Waals surface area contributed by atoms with Crippen molar-refractivity contribution in [2.24, 2.45) is 0 Å². The zero-order valence-corrected chi connectivity index (χ0v) is 12.1. The highest BCUT2D eigenvalue weighted by Gasteiger charge is 2.22. The van der Waals surface area contributed by atoms with Crippen LogP contribution in [0.25, 0.3) is 0 Å². The Kier molecular flexibility index (Phi) is 4.77. The monoisotopic (exact) mass is 274 g/mol. The minimum atomic E-state index is -0.511. The lowest BCUT2D eigenvalue weighted by Gasteiger charge is -2.18. The summed E-state index contributed by atoms with van der Waals surface area (Å²) in [4.78, 5) is 24.2. The smallest absolute Gasteiger partial charge is 0.252 e. The van der Waals surface area contributed by atoms with E-state index in [-0.39, 0.29) is 17.9 Å². The molecule has 1 aromatic carbocycles. The molecular weight excluding hydrogens is 252 g/mol. The summed E-state index contributed by atoms with van der Waals surface area (Å²) in [5, 5.41) is 5.76. The quantitative estimate of drug-likeness (QED) is 0.884. The molecule has 1 fully saturated rings. The molecule has 0 radical (unpaired) electrons. The molecule has 2 amide bonds. The number of carbonyl (C=O) groups is 2. The molecule has 0 heterocycles. The van der Waals surface area contributed by atoms with Gasteiger partial charge in [0.1, 0.15) is 6.04 Å². The lowest BCUT2D eigenvalue weighted by Crippen LogP contribution is -2.47. The Morgan fingerprint density at radius 3 is 2.50 bits per heavy atom. The molecule has 20 heavy (non-hydrogen) atoms. The minimum Gasteiger partial charge on any atom is -0.352 e. The summed E-state index contributed by atoms with van der Waals surface area (Å²) in [6.07, 6.45) is 4.44. The molecule has 108 valence electrons. The van der Waals surface area contributed by atoms with Gasteiger partial charge in [-0.2, -0.15) is 0 Å². The van der Waals surface area contributed by atoms with Crippen LogP contribution in [0.4, 0.5) is 0 Å². The van der Waals surface area contributed by atoms with E-state index in [0.717, 1.165) is 18.4 Å². The third-order valence-electron chi connectivity index (χ3n) is 3.83. The number of rotatable bonds is 4. The van der Waals surface area contributed by atoms with Gasteiger partial charge in [0.25, 0.3) is 5.91 Å². The molecule has 0 aliphatic heterocycles. The lowest BCUT2D eigenvalue weighted by molar-refractivity contribution is -0.123. The molecule has 1 atom stereocenters. The van der Waals surface area contributed by atoms with Gasteiger partial charge in [-0.3, -0.25) is 9.59 Å². The zero-order chi connectivity index (χ0) is 14.5. The molecular formula is C16H22N2O2. The number of aryl methyl sites for hydroxylation is 1. The van der Waals surface area contributed by atoms with Gasteiger partial charge in [-0.25, -0.2) is 0 Å². The first kappa shape index (κ1) is 14.6. The summed E-state index contributed by atoms with van der Waals surface area (Å²) in [5.74, 6) is -0.295. The van der Waals surface area contributed by atoms with Gasteiger partial charge in [0, 0.05) is 11.6 Å². The van der Waals surface area contributed by atoms with Crippen molar-refractivity contribution in [3.8, 4) is 0 Å². The number of hydrogen-bond acceptors (Lipinski definition) is 2. The van der Waals surface area contributed by atoms with Crippen LogP contribution >= 0.6 is 0 Å². The van der Waals surface area contributed by atoms with Crippen molar-refractivity contribution in [2.75, 3.05) is 0 Å². The van der Waals surface area contributed by atoms with Crippen LogP contribution in [-0.4, -0.2) is 23.9 Å². The second-order valence-corrected chi connectivity index (χ2v) is 5.50. The molecule has 1 aliphatic rings. The largest absolute Gasteiger partial charge is 0.352 e. The average molecular weight is 274 g/mol. The number of nitrogens with one attached hydrogen (secondary N) is 2. The molecule has 0 saturated heterocycles. The predicted octanol–water partition coefficient (Wildman–Crippen LogP) is 2.17. The van der Waals surface area contributed by atoms with E-state index < -0.39 is 6.04 Å². The fourth-order valence-electron chi connectivity index (χ4n) is 2.56. The topological polar surface area (TPSA) is 58.2 Å².